The van der Waals surface area contributed by atoms with Crippen molar-refractivity contribution in [1.29, 1.82) is 0 Å². The fourth-order valence-corrected chi connectivity index (χ4v) is 0.795. The smallest absolute Gasteiger partial charge is 0.247 e. The van der Waals surface area contributed by atoms with Crippen LogP contribution in [0.15, 0.2) is 0 Å². The highest BCUT2D eigenvalue weighted by molar-refractivity contribution is 4.80. The molecule has 0 aliphatic heterocycles. The molecule has 0 aromatic carbocycles. The Morgan fingerprint density at radius 2 is 1.77 bits per heavy atom. The molecule has 1 N–H and O–H groups in total. The van der Waals surface area contributed by atoms with Gasteiger partial charge < -0.3 is 14.6 Å². The second-order valence-electron chi connectivity index (χ2n) is 3.20. The third-order valence-corrected chi connectivity index (χ3v) is 1.92. The van der Waals surface area contributed by atoms with Crippen LogP contribution in [-0.4, -0.2) is 42.2 Å². The molecule has 1 atom stereocenters. The van der Waals surface area contributed by atoms with Gasteiger partial charge in [0.25, 0.3) is 0 Å². The Kier molecular flexibility index (Phi) is 4.25. The number of hydrogen-bond donors (Lipinski definition) is 1. The van der Waals surface area contributed by atoms with Crippen LogP contribution in [-0.2, 0) is 9.47 Å². The number of rotatable bonds is 5. The molecule has 78 valence electrons. The molecule has 0 aliphatic rings. The molecule has 6 heteroatoms. The van der Waals surface area contributed by atoms with Crippen molar-refractivity contribution in [1.82, 2.24) is 0 Å². The fraction of sp³-hybridized carbons (Fsp3) is 1.00. The monoisotopic (exact) mass is 193 g/mol. The zero-order chi connectivity index (χ0) is 10.6. The van der Waals surface area contributed by atoms with E-state index in [4.69, 9.17) is 9.47 Å². The van der Waals surface area contributed by atoms with Crippen molar-refractivity contribution in [2.45, 2.75) is 31.8 Å². The van der Waals surface area contributed by atoms with Gasteiger partial charge in [-0.2, -0.15) is 0 Å². The molecule has 0 amide bonds. The van der Waals surface area contributed by atoms with Crippen molar-refractivity contribution < 1.29 is 19.5 Å². The van der Waals surface area contributed by atoms with Gasteiger partial charge in [-0.1, -0.05) is 0 Å². The molecule has 0 radical (unpaired) electrons. The molecule has 6 nitrogen and oxygen atoms in total. The number of aliphatic hydroxyl groups excluding tert-OH is 1. The molecule has 0 rings (SSSR count). The summed E-state index contributed by atoms with van der Waals surface area (Å²) in [7, 11) is 2.63. The lowest BCUT2D eigenvalue weighted by atomic mass is 9.98. The van der Waals surface area contributed by atoms with Gasteiger partial charge in [-0.25, -0.2) is 0 Å². The summed E-state index contributed by atoms with van der Waals surface area (Å²) in [5.41, 5.74) is -1.49. The van der Waals surface area contributed by atoms with Gasteiger partial charge in [0.05, 0.1) is 0 Å². The molecule has 0 aromatic heterocycles. The molecule has 0 spiro atoms. The first-order chi connectivity index (χ1) is 5.87. The van der Waals surface area contributed by atoms with Crippen LogP contribution in [0, 0.1) is 10.1 Å². The van der Waals surface area contributed by atoms with E-state index in [-0.39, 0.29) is 0 Å². The van der Waals surface area contributed by atoms with E-state index in [0.29, 0.717) is 0 Å². The maximum atomic E-state index is 10.5. The van der Waals surface area contributed by atoms with E-state index in [1.165, 1.54) is 28.1 Å². The molecule has 13 heavy (non-hydrogen) atoms. The summed E-state index contributed by atoms with van der Waals surface area (Å²) in [4.78, 5) is 9.97. The van der Waals surface area contributed by atoms with Gasteiger partial charge in [-0.15, -0.1) is 0 Å². The minimum atomic E-state index is -1.49. The van der Waals surface area contributed by atoms with E-state index in [1.807, 2.05) is 0 Å². The van der Waals surface area contributed by atoms with Crippen molar-refractivity contribution in [3.8, 4) is 0 Å². The van der Waals surface area contributed by atoms with Crippen LogP contribution in [0.1, 0.15) is 13.8 Å². The van der Waals surface area contributed by atoms with Crippen LogP contribution in [0.25, 0.3) is 0 Å². The van der Waals surface area contributed by atoms with E-state index >= 15 is 0 Å². The summed E-state index contributed by atoms with van der Waals surface area (Å²) < 4.78 is 9.44. The zero-order valence-corrected chi connectivity index (χ0v) is 8.18. The summed E-state index contributed by atoms with van der Waals surface area (Å²) in [6.07, 6.45) is -2.29. The van der Waals surface area contributed by atoms with Crippen molar-refractivity contribution in [3.05, 3.63) is 10.1 Å². The van der Waals surface area contributed by atoms with Gasteiger partial charge in [-0.3, -0.25) is 10.1 Å². The molecule has 0 saturated heterocycles. The Bertz CT molecular complexity index is 178. The first-order valence-corrected chi connectivity index (χ1v) is 3.76. The molecule has 0 aliphatic carbocycles. The normalized spacial score (nSPS) is 14.6. The Morgan fingerprint density at radius 1 is 1.38 bits per heavy atom. The minimum Gasteiger partial charge on any atom is -0.381 e. The first kappa shape index (κ1) is 12.3. The van der Waals surface area contributed by atoms with Crippen LogP contribution in [0.4, 0.5) is 0 Å². The van der Waals surface area contributed by atoms with Crippen molar-refractivity contribution in [3.63, 3.8) is 0 Å². The molecule has 1 unspecified atom stereocenters. The Balaban J connectivity index is 4.55. The topological polar surface area (TPSA) is 81.8 Å². The van der Waals surface area contributed by atoms with E-state index in [0.717, 1.165) is 0 Å². The third-order valence-electron chi connectivity index (χ3n) is 1.92. The predicted octanol–water partition coefficient (Wildman–Crippen LogP) is 0.0215. The first-order valence-electron chi connectivity index (χ1n) is 3.76. The SMILES string of the molecule is COC(OC)C(O)C(C)(C)[N+](=O)[O-]. The molecule has 0 bridgehead atoms. The molecular formula is C7H15NO5. The summed E-state index contributed by atoms with van der Waals surface area (Å²) in [5.74, 6) is 0. The lowest BCUT2D eigenvalue weighted by Crippen LogP contribution is -2.51. The average Bonchev–Trinajstić information content (AvgIpc) is 2.06. The number of methoxy groups -OCH3 is 2. The summed E-state index contributed by atoms with van der Waals surface area (Å²) in [6.45, 7) is 2.62. The molecular weight excluding hydrogens is 178 g/mol. The van der Waals surface area contributed by atoms with E-state index in [9.17, 15) is 15.2 Å². The molecule has 0 aromatic rings. The molecule has 0 heterocycles. The lowest BCUT2D eigenvalue weighted by Gasteiger charge is -2.27. The van der Waals surface area contributed by atoms with E-state index < -0.39 is 22.9 Å². The highest BCUT2D eigenvalue weighted by atomic mass is 16.7. The van der Waals surface area contributed by atoms with Crippen LogP contribution in [0.5, 0.6) is 0 Å². The molecule has 0 saturated carbocycles. The highest BCUT2D eigenvalue weighted by Gasteiger charge is 2.45. The highest BCUT2D eigenvalue weighted by Crippen LogP contribution is 2.18. The van der Waals surface area contributed by atoms with Crippen LogP contribution in [0.3, 0.4) is 0 Å². The number of ether oxygens (including phenoxy) is 2. The average molecular weight is 193 g/mol. The van der Waals surface area contributed by atoms with E-state index in [2.05, 4.69) is 0 Å². The summed E-state index contributed by atoms with van der Waals surface area (Å²) in [5, 5.41) is 20.0. The Morgan fingerprint density at radius 3 is 2.00 bits per heavy atom. The Hall–Kier alpha value is -0.720. The third kappa shape index (κ3) is 2.61. The van der Waals surface area contributed by atoms with Gasteiger partial charge >= 0.3 is 0 Å². The maximum absolute atomic E-state index is 10.5. The second-order valence-corrected chi connectivity index (χ2v) is 3.20. The fourth-order valence-electron chi connectivity index (χ4n) is 0.795. The zero-order valence-electron chi connectivity index (χ0n) is 8.18. The van der Waals surface area contributed by atoms with Gasteiger partial charge in [0.2, 0.25) is 5.54 Å². The number of aliphatic hydroxyl groups is 1. The summed E-state index contributed by atoms with van der Waals surface area (Å²) >= 11 is 0. The van der Waals surface area contributed by atoms with Gasteiger partial charge in [0.1, 0.15) is 0 Å². The van der Waals surface area contributed by atoms with Crippen molar-refractivity contribution in [2.24, 2.45) is 0 Å². The number of nitro groups is 1. The molecule has 0 fully saturated rings. The van der Waals surface area contributed by atoms with Gasteiger partial charge in [0, 0.05) is 33.0 Å². The van der Waals surface area contributed by atoms with Crippen LogP contribution < -0.4 is 0 Å². The summed E-state index contributed by atoms with van der Waals surface area (Å²) in [6, 6.07) is 0. The predicted molar refractivity (Wildman–Crippen MR) is 44.9 cm³/mol. The van der Waals surface area contributed by atoms with Crippen molar-refractivity contribution in [2.75, 3.05) is 14.2 Å². The quantitative estimate of drug-likeness (QED) is 0.378. The van der Waals surface area contributed by atoms with Gasteiger partial charge in [-0.05, 0) is 0 Å². The lowest BCUT2D eigenvalue weighted by molar-refractivity contribution is -0.579. The number of nitrogens with zero attached hydrogens (tertiary/aromatic N) is 1. The van der Waals surface area contributed by atoms with Crippen LogP contribution >= 0.6 is 0 Å². The van der Waals surface area contributed by atoms with Crippen LogP contribution in [0.2, 0.25) is 0 Å². The maximum Gasteiger partial charge on any atom is 0.247 e. The van der Waals surface area contributed by atoms with Gasteiger partial charge in [0.15, 0.2) is 12.4 Å². The second kappa shape index (κ2) is 4.50. The van der Waals surface area contributed by atoms with Crippen molar-refractivity contribution >= 4 is 0 Å². The Labute approximate surface area is 76.6 Å². The minimum absolute atomic E-state index is 0.567. The number of hydrogen-bond acceptors (Lipinski definition) is 5. The largest absolute Gasteiger partial charge is 0.381 e. The van der Waals surface area contributed by atoms with E-state index in [1.54, 1.807) is 0 Å². The standard InChI is InChI=1S/C7H15NO5/c1-7(2,8(10)11)5(9)6(12-3)13-4/h5-6,9H,1-4H3.